The first kappa shape index (κ1) is 24.4. The monoisotopic (exact) mass is 443 g/mol. The van der Waals surface area contributed by atoms with Crippen molar-refractivity contribution in [2.75, 3.05) is 6.54 Å². The van der Waals surface area contributed by atoms with Gasteiger partial charge in [0, 0.05) is 24.9 Å². The smallest absolute Gasteiger partial charge is 0.312 e. The predicted octanol–water partition coefficient (Wildman–Crippen LogP) is 4.73. The van der Waals surface area contributed by atoms with Gasteiger partial charge in [0.05, 0.1) is 0 Å². The van der Waals surface area contributed by atoms with E-state index >= 15 is 0 Å². The third-order valence-electron chi connectivity index (χ3n) is 4.62. The fourth-order valence-corrected chi connectivity index (χ4v) is 4.46. The number of hydrogen-bond acceptors (Lipinski definition) is 1. The first-order chi connectivity index (χ1) is 11.7. The zero-order valence-corrected chi connectivity index (χ0v) is 14.5. The third-order valence-corrected chi connectivity index (χ3v) is 5.90. The number of alkyl halides is 10. The van der Waals surface area contributed by atoms with Crippen molar-refractivity contribution in [3.05, 3.63) is 0 Å². The normalized spacial score (nSPS) is 27.1. The lowest BCUT2D eigenvalue weighted by molar-refractivity contribution is -0.303. The second kappa shape index (κ2) is 7.03. The molecule has 1 aliphatic rings. The summed E-state index contributed by atoms with van der Waals surface area (Å²) >= 11 is 0. The third kappa shape index (κ3) is 5.07. The van der Waals surface area contributed by atoms with Crippen LogP contribution in [0.3, 0.4) is 0 Å². The largest absolute Gasteiger partial charge is 0.453 e. The van der Waals surface area contributed by atoms with Crippen molar-refractivity contribution in [3.8, 4) is 0 Å². The van der Waals surface area contributed by atoms with Crippen LogP contribution < -0.4 is 0 Å². The van der Waals surface area contributed by atoms with Crippen molar-refractivity contribution in [1.82, 2.24) is 4.67 Å². The Bertz CT molecular complexity index is 587. The minimum absolute atomic E-state index is 0.139. The summed E-state index contributed by atoms with van der Waals surface area (Å²) in [7, 11) is -5.54. The molecule has 0 bridgehead atoms. The SMILES string of the molecule is CC1(CC(F)(F)C(F)(F)F)C(CC(F)(F)C(F)(F)F)CCCN1P(=O)(O)O. The lowest BCUT2D eigenvalue weighted by Crippen LogP contribution is -2.59. The Hall–Kier alpha value is -0.590. The Morgan fingerprint density at radius 2 is 1.41 bits per heavy atom. The highest BCUT2D eigenvalue weighted by Gasteiger charge is 2.66. The molecule has 0 aliphatic carbocycles. The van der Waals surface area contributed by atoms with Crippen molar-refractivity contribution in [1.29, 1.82) is 0 Å². The summed E-state index contributed by atoms with van der Waals surface area (Å²) in [6, 6.07) is 0. The molecule has 1 fully saturated rings. The van der Waals surface area contributed by atoms with E-state index in [1.54, 1.807) is 0 Å². The molecule has 1 aliphatic heterocycles. The van der Waals surface area contributed by atoms with Crippen LogP contribution in [0.4, 0.5) is 43.9 Å². The van der Waals surface area contributed by atoms with E-state index in [1.807, 2.05) is 0 Å². The first-order valence-electron chi connectivity index (χ1n) is 7.38. The minimum atomic E-state index is -6.19. The maximum absolute atomic E-state index is 13.5. The maximum Gasteiger partial charge on any atom is 0.453 e. The minimum Gasteiger partial charge on any atom is -0.312 e. The highest BCUT2D eigenvalue weighted by atomic mass is 31.2. The van der Waals surface area contributed by atoms with E-state index in [2.05, 4.69) is 0 Å². The Kier molecular flexibility index (Phi) is 6.36. The topological polar surface area (TPSA) is 60.8 Å². The van der Waals surface area contributed by atoms with Crippen LogP contribution in [0.1, 0.15) is 32.6 Å². The molecule has 27 heavy (non-hydrogen) atoms. The molecule has 1 heterocycles. The van der Waals surface area contributed by atoms with Crippen molar-refractivity contribution in [2.24, 2.45) is 5.92 Å². The number of hydrogen-bond donors (Lipinski definition) is 2. The molecule has 0 radical (unpaired) electrons. The molecular formula is C12H16F10NO3P. The Balaban J connectivity index is 3.41. The average Bonchev–Trinajstić information content (AvgIpc) is 2.36. The van der Waals surface area contributed by atoms with Crippen molar-refractivity contribution < 1.29 is 58.3 Å². The van der Waals surface area contributed by atoms with E-state index in [4.69, 9.17) is 0 Å². The fourth-order valence-electron chi connectivity index (χ4n) is 3.22. The van der Waals surface area contributed by atoms with E-state index in [9.17, 15) is 58.3 Å². The van der Waals surface area contributed by atoms with Crippen LogP contribution in [-0.2, 0) is 4.57 Å². The Morgan fingerprint density at radius 3 is 1.78 bits per heavy atom. The van der Waals surface area contributed by atoms with E-state index < -0.39 is 69.2 Å². The molecule has 0 aromatic rings. The van der Waals surface area contributed by atoms with E-state index in [-0.39, 0.29) is 11.1 Å². The number of halogens is 10. The molecule has 2 unspecified atom stereocenters. The average molecular weight is 443 g/mol. The molecule has 0 aromatic carbocycles. The summed E-state index contributed by atoms with van der Waals surface area (Å²) in [5, 5.41) is 0. The van der Waals surface area contributed by atoms with Crippen LogP contribution in [0.15, 0.2) is 0 Å². The van der Waals surface area contributed by atoms with Gasteiger partial charge in [-0.25, -0.2) is 9.24 Å². The van der Waals surface area contributed by atoms with Gasteiger partial charge >= 0.3 is 31.9 Å². The van der Waals surface area contributed by atoms with E-state index in [0.717, 1.165) is 0 Å². The van der Waals surface area contributed by atoms with Gasteiger partial charge in [-0.05, 0) is 25.7 Å². The quantitative estimate of drug-likeness (QED) is 0.477. The van der Waals surface area contributed by atoms with Gasteiger partial charge in [0.1, 0.15) is 0 Å². The highest BCUT2D eigenvalue weighted by Crippen LogP contribution is 2.58. The van der Waals surface area contributed by atoms with Crippen LogP contribution in [0.5, 0.6) is 0 Å². The lowest BCUT2D eigenvalue weighted by atomic mass is 9.72. The molecule has 0 aromatic heterocycles. The Labute approximate surface area is 146 Å². The summed E-state index contributed by atoms with van der Waals surface area (Å²) in [5.41, 5.74) is -2.97. The summed E-state index contributed by atoms with van der Waals surface area (Å²) < 4.78 is 140. The molecule has 2 atom stereocenters. The van der Waals surface area contributed by atoms with Crippen molar-refractivity contribution in [2.45, 2.75) is 62.3 Å². The molecule has 1 saturated heterocycles. The second-order valence-corrected chi connectivity index (χ2v) is 8.13. The summed E-state index contributed by atoms with van der Waals surface area (Å²) in [4.78, 5) is 18.5. The summed E-state index contributed by atoms with van der Waals surface area (Å²) in [6.45, 7) is -0.315. The van der Waals surface area contributed by atoms with E-state index in [1.165, 1.54) is 0 Å². The van der Waals surface area contributed by atoms with Gasteiger partial charge in [-0.2, -0.15) is 43.9 Å². The van der Waals surface area contributed by atoms with Gasteiger partial charge in [-0.1, -0.05) is 0 Å². The molecule has 15 heteroatoms. The van der Waals surface area contributed by atoms with E-state index in [0.29, 0.717) is 6.92 Å². The lowest BCUT2D eigenvalue weighted by Gasteiger charge is -2.51. The van der Waals surface area contributed by atoms with Gasteiger partial charge in [0.15, 0.2) is 0 Å². The maximum atomic E-state index is 13.5. The van der Waals surface area contributed by atoms with Crippen LogP contribution in [-0.4, -0.2) is 50.7 Å². The zero-order chi connectivity index (χ0) is 21.7. The standard InChI is InChI=1S/C12H16F10NO3P/c1-8(6-10(15,16)12(20,21)22)7(5-9(13,14)11(17,18)19)3-2-4-23(8)27(24,25)26/h7H,2-6H2,1H3,(H2,24,25,26). The molecule has 4 nitrogen and oxygen atoms in total. The highest BCUT2D eigenvalue weighted by molar-refractivity contribution is 7.49. The number of piperidine rings is 1. The van der Waals surface area contributed by atoms with Crippen molar-refractivity contribution in [3.63, 3.8) is 0 Å². The molecule has 2 N–H and O–H groups in total. The zero-order valence-electron chi connectivity index (χ0n) is 13.6. The van der Waals surface area contributed by atoms with Gasteiger partial charge in [-0.3, -0.25) is 0 Å². The van der Waals surface area contributed by atoms with Gasteiger partial charge in [-0.15, -0.1) is 0 Å². The van der Waals surface area contributed by atoms with Crippen LogP contribution in [0, 0.1) is 5.92 Å². The van der Waals surface area contributed by atoms with Gasteiger partial charge in [0.2, 0.25) is 0 Å². The molecule has 162 valence electrons. The van der Waals surface area contributed by atoms with Crippen molar-refractivity contribution >= 4 is 7.75 Å². The first-order valence-corrected chi connectivity index (χ1v) is 8.94. The van der Waals surface area contributed by atoms with Crippen LogP contribution in [0.25, 0.3) is 0 Å². The Morgan fingerprint density at radius 1 is 0.963 bits per heavy atom. The summed E-state index contributed by atoms with van der Waals surface area (Å²) in [5.74, 6) is -13.2. The second-order valence-electron chi connectivity index (χ2n) is 6.62. The molecule has 1 rings (SSSR count). The summed E-state index contributed by atoms with van der Waals surface area (Å²) in [6.07, 6.45) is -17.9. The van der Waals surface area contributed by atoms with Crippen LogP contribution >= 0.6 is 7.75 Å². The fraction of sp³-hybridized carbons (Fsp3) is 1.00. The molecule has 0 spiro atoms. The number of rotatable bonds is 5. The molecule has 0 saturated carbocycles. The van der Waals surface area contributed by atoms with Crippen LogP contribution in [0.2, 0.25) is 0 Å². The molecule has 0 amide bonds. The predicted molar refractivity (Wildman–Crippen MR) is 71.1 cm³/mol. The molecular weight excluding hydrogens is 427 g/mol. The number of nitrogens with zero attached hydrogens (tertiary/aromatic N) is 1. The van der Waals surface area contributed by atoms with Gasteiger partial charge < -0.3 is 9.79 Å². The van der Waals surface area contributed by atoms with Gasteiger partial charge in [0.25, 0.3) is 0 Å².